The number of carbonyl (C=O) groups is 7. The Morgan fingerprint density at radius 2 is 0.911 bits per heavy atom. The van der Waals surface area contributed by atoms with Crippen molar-refractivity contribution in [3.8, 4) is 0 Å². The van der Waals surface area contributed by atoms with Crippen LogP contribution >= 0.6 is 0 Å². The fraction of sp³-hybridized carbons (Fsp3) is 0.683. The van der Waals surface area contributed by atoms with Gasteiger partial charge in [-0.25, -0.2) is 9.59 Å². The summed E-state index contributed by atoms with van der Waals surface area (Å²) < 4.78 is 10.1. The van der Waals surface area contributed by atoms with Crippen molar-refractivity contribution in [3.05, 3.63) is 35.9 Å². The third kappa shape index (κ3) is 17.8. The largest absolute Gasteiger partial charge is 0.467 e. The number of methoxy groups -OCH3 is 1. The van der Waals surface area contributed by atoms with Crippen LogP contribution in [0.3, 0.4) is 0 Å². The van der Waals surface area contributed by atoms with E-state index < -0.39 is 76.8 Å². The lowest BCUT2D eigenvalue weighted by Crippen LogP contribution is -2.63. The van der Waals surface area contributed by atoms with Crippen LogP contribution < -0.4 is 31.9 Å². The molecule has 1 aromatic rings. The third-order valence-electron chi connectivity index (χ3n) is 8.67. The molecule has 6 amide bonds. The minimum absolute atomic E-state index is 0.0104. The highest BCUT2D eigenvalue weighted by Crippen LogP contribution is 2.15. The van der Waals surface area contributed by atoms with Gasteiger partial charge >= 0.3 is 12.1 Å². The number of hydrogen-bond acceptors (Lipinski definition) is 9. The second-order valence-corrected chi connectivity index (χ2v) is 17.1. The average molecular weight is 789 g/mol. The Morgan fingerprint density at radius 3 is 1.30 bits per heavy atom. The van der Waals surface area contributed by atoms with Crippen molar-refractivity contribution >= 4 is 41.6 Å². The second kappa shape index (κ2) is 22.8. The topological polar surface area (TPSA) is 210 Å². The number of amides is 6. The number of alkyl carbamates (subject to hydrolysis) is 1. The van der Waals surface area contributed by atoms with Gasteiger partial charge < -0.3 is 41.4 Å². The fourth-order valence-electron chi connectivity index (χ4n) is 5.76. The van der Waals surface area contributed by atoms with Crippen LogP contribution in [0.4, 0.5) is 4.79 Å². The fourth-order valence-corrected chi connectivity index (χ4v) is 5.76. The number of esters is 1. The zero-order valence-corrected chi connectivity index (χ0v) is 35.7. The van der Waals surface area contributed by atoms with Crippen LogP contribution in [-0.4, -0.2) is 84.0 Å². The Kier molecular flexibility index (Phi) is 20.1. The Balaban J connectivity index is 3.16. The maximum atomic E-state index is 13.8. The zero-order valence-electron chi connectivity index (χ0n) is 35.7. The lowest BCUT2D eigenvalue weighted by Gasteiger charge is -2.32. The van der Waals surface area contributed by atoms with Gasteiger partial charge in [-0.1, -0.05) is 85.7 Å². The molecule has 56 heavy (non-hydrogen) atoms. The Bertz CT molecular complexity index is 1480. The molecule has 0 saturated carbocycles. The monoisotopic (exact) mass is 789 g/mol. The summed E-state index contributed by atoms with van der Waals surface area (Å²) in [6.45, 7) is 21.0. The van der Waals surface area contributed by atoms with E-state index in [9.17, 15) is 33.6 Å². The molecule has 1 rings (SSSR count). The molecule has 0 fully saturated rings. The highest BCUT2D eigenvalue weighted by atomic mass is 16.5. The molecular formula is C41H68N6O9. The van der Waals surface area contributed by atoms with E-state index in [1.165, 1.54) is 34.8 Å². The molecule has 15 heteroatoms. The zero-order chi connectivity index (χ0) is 43.0. The van der Waals surface area contributed by atoms with Crippen molar-refractivity contribution in [3.63, 3.8) is 0 Å². The van der Waals surface area contributed by atoms with E-state index in [-0.39, 0.29) is 56.0 Å². The van der Waals surface area contributed by atoms with Crippen molar-refractivity contribution < 1.29 is 43.0 Å². The minimum Gasteiger partial charge on any atom is -0.467 e. The highest BCUT2D eigenvalue weighted by Gasteiger charge is 2.38. The van der Waals surface area contributed by atoms with Crippen LogP contribution in [0.2, 0.25) is 0 Å². The van der Waals surface area contributed by atoms with E-state index in [0.29, 0.717) is 0 Å². The van der Waals surface area contributed by atoms with Gasteiger partial charge in [0, 0.05) is 0 Å². The number of ether oxygens (including phenoxy) is 2. The van der Waals surface area contributed by atoms with E-state index in [2.05, 4.69) is 31.9 Å². The molecule has 4 atom stereocenters. The molecule has 0 saturated heterocycles. The first-order chi connectivity index (χ1) is 25.9. The molecule has 0 bridgehead atoms. The van der Waals surface area contributed by atoms with E-state index in [1.807, 2.05) is 85.7 Å². The maximum absolute atomic E-state index is 13.8. The summed E-state index contributed by atoms with van der Waals surface area (Å²) in [6.07, 6.45) is 0.197. The molecule has 0 aromatic heterocycles. The molecule has 0 unspecified atom stereocenters. The van der Waals surface area contributed by atoms with Crippen molar-refractivity contribution in [2.24, 2.45) is 23.7 Å². The van der Waals surface area contributed by atoms with Gasteiger partial charge in [-0.15, -0.1) is 0 Å². The van der Waals surface area contributed by atoms with Gasteiger partial charge in [-0.2, -0.15) is 0 Å². The van der Waals surface area contributed by atoms with Crippen molar-refractivity contribution in [2.45, 2.75) is 151 Å². The summed E-state index contributed by atoms with van der Waals surface area (Å²) in [5.74, 6) is -3.82. The van der Waals surface area contributed by atoms with E-state index in [4.69, 9.17) is 9.47 Å². The Morgan fingerprint density at radius 1 is 0.536 bits per heavy atom. The number of nitrogens with one attached hydrogen (secondary N) is 6. The number of hydrogen-bond donors (Lipinski definition) is 6. The summed E-state index contributed by atoms with van der Waals surface area (Å²) >= 11 is 0. The molecule has 0 aliphatic carbocycles. The van der Waals surface area contributed by atoms with Crippen LogP contribution in [0.15, 0.2) is 30.3 Å². The molecule has 0 heterocycles. The van der Waals surface area contributed by atoms with Gasteiger partial charge in [0.05, 0.1) is 7.11 Å². The lowest BCUT2D eigenvalue weighted by atomic mass is 9.96. The van der Waals surface area contributed by atoms with E-state index in [0.717, 1.165) is 5.56 Å². The summed E-state index contributed by atoms with van der Waals surface area (Å²) in [5, 5.41) is 16.3. The van der Waals surface area contributed by atoms with E-state index >= 15 is 0 Å². The summed E-state index contributed by atoms with van der Waals surface area (Å²) in [5.41, 5.74) is -2.13. The van der Waals surface area contributed by atoms with Gasteiger partial charge in [0.2, 0.25) is 29.5 Å². The predicted molar refractivity (Wildman–Crippen MR) is 214 cm³/mol. The molecular weight excluding hydrogens is 720 g/mol. The first-order valence-corrected chi connectivity index (χ1v) is 19.5. The average Bonchev–Trinajstić information content (AvgIpc) is 3.08. The number of rotatable bonds is 22. The maximum Gasteiger partial charge on any atom is 0.408 e. The predicted octanol–water partition coefficient (Wildman–Crippen LogP) is 3.88. The normalized spacial score (nSPS) is 13.9. The lowest BCUT2D eigenvalue weighted by molar-refractivity contribution is -0.149. The number of benzene rings is 1. The van der Waals surface area contributed by atoms with Gasteiger partial charge in [-0.05, 0) is 82.6 Å². The van der Waals surface area contributed by atoms with Gasteiger partial charge in [0.25, 0.3) is 0 Å². The Hall–Kier alpha value is -4.69. The smallest absolute Gasteiger partial charge is 0.408 e. The summed E-state index contributed by atoms with van der Waals surface area (Å²) in [4.78, 5) is 93.2. The third-order valence-corrected chi connectivity index (χ3v) is 8.67. The van der Waals surface area contributed by atoms with Crippen molar-refractivity contribution in [1.29, 1.82) is 0 Å². The summed E-state index contributed by atoms with van der Waals surface area (Å²) in [6, 6.07) is 4.94. The van der Waals surface area contributed by atoms with Crippen LogP contribution in [0, 0.1) is 23.7 Å². The molecule has 0 aliphatic heterocycles. The quantitative estimate of drug-likeness (QED) is 0.0941. The SMILES string of the molecule is COC(=O)C(C)(C)NC(=O)[C@H](CC(C)C)NC(=O)[C@@H](CC(C)C)NC(=O)C(C)(C)NC(=O)[C@@H](CC(C)C)NC(=O)[C@H](CC(C)C)NC(=O)OCc1ccccc1. The standard InChI is InChI=1S/C41H68N6O9/c1-24(2)19-29(33(48)42-32(22-27(7)8)36(51)47-41(11,12)38(53)55-13)44-37(52)40(9,10)46-35(50)31(21-26(5)6)43-34(49)30(20-25(3)4)45-39(54)56-23-28-17-15-14-16-18-28/h14-18,24-27,29-32H,19-23H2,1-13H3,(H,42,48)(H,43,49)(H,44,52)(H,45,54)(H,46,50)(H,47,51)/t29-,30+,31-,32+/m1/s1. The van der Waals surface area contributed by atoms with E-state index in [1.54, 1.807) is 0 Å². The van der Waals surface area contributed by atoms with Crippen molar-refractivity contribution in [1.82, 2.24) is 31.9 Å². The first kappa shape index (κ1) is 49.3. The molecule has 0 aliphatic rings. The van der Waals surface area contributed by atoms with Gasteiger partial charge in [-0.3, -0.25) is 24.0 Å². The molecule has 6 N–H and O–H groups in total. The molecule has 0 spiro atoms. The second-order valence-electron chi connectivity index (χ2n) is 17.1. The molecule has 1 aromatic carbocycles. The Labute approximate surface area is 333 Å². The molecule has 15 nitrogen and oxygen atoms in total. The van der Waals surface area contributed by atoms with Gasteiger partial charge in [0.15, 0.2) is 0 Å². The molecule has 316 valence electrons. The molecule has 0 radical (unpaired) electrons. The number of carbonyl (C=O) groups excluding carboxylic acids is 7. The van der Waals surface area contributed by atoms with Crippen LogP contribution in [0.25, 0.3) is 0 Å². The summed E-state index contributed by atoms with van der Waals surface area (Å²) in [7, 11) is 1.21. The highest BCUT2D eigenvalue weighted by molar-refractivity contribution is 5.98. The van der Waals surface area contributed by atoms with Crippen molar-refractivity contribution in [2.75, 3.05) is 7.11 Å². The first-order valence-electron chi connectivity index (χ1n) is 19.5. The van der Waals surface area contributed by atoms with Crippen LogP contribution in [0.5, 0.6) is 0 Å². The van der Waals surface area contributed by atoms with Crippen LogP contribution in [-0.2, 0) is 44.8 Å². The van der Waals surface area contributed by atoms with Crippen LogP contribution in [0.1, 0.15) is 114 Å². The van der Waals surface area contributed by atoms with Gasteiger partial charge in [0.1, 0.15) is 41.9 Å². The minimum atomic E-state index is -1.55.